The van der Waals surface area contributed by atoms with E-state index in [4.69, 9.17) is 9.47 Å². The summed E-state index contributed by atoms with van der Waals surface area (Å²) in [4.78, 5) is 4.43. The summed E-state index contributed by atoms with van der Waals surface area (Å²) in [6.07, 6.45) is 3.51. The molecule has 0 amide bonds. The normalized spacial score (nSPS) is 12.5. The molecule has 0 spiro atoms. The Labute approximate surface area is 202 Å². The van der Waals surface area contributed by atoms with Crippen LogP contribution >= 0.6 is 0 Å². The van der Waals surface area contributed by atoms with Crippen molar-refractivity contribution in [1.29, 1.82) is 0 Å². The smallest absolute Gasteiger partial charge is 0.243 e. The molecule has 0 aliphatic rings. The first kappa shape index (κ1) is 25.7. The largest absolute Gasteiger partial charge is 0.493 e. The molecule has 0 saturated heterocycles. The molecule has 182 valence electrons. The summed E-state index contributed by atoms with van der Waals surface area (Å²) < 4.78 is 38.3. The van der Waals surface area contributed by atoms with Crippen LogP contribution in [-0.2, 0) is 23.2 Å². The first-order valence-electron chi connectivity index (χ1n) is 11.4. The minimum Gasteiger partial charge on any atom is -0.493 e. The van der Waals surface area contributed by atoms with E-state index in [-0.39, 0.29) is 6.04 Å². The second-order valence-corrected chi connectivity index (χ2v) is 9.83. The zero-order chi connectivity index (χ0) is 24.6. The molecule has 0 saturated carbocycles. The van der Waals surface area contributed by atoms with E-state index in [1.165, 1.54) is 4.31 Å². The molecule has 0 aliphatic carbocycles. The fourth-order valence-corrected chi connectivity index (χ4v) is 5.08. The maximum Gasteiger partial charge on any atom is 0.243 e. The number of sulfonamides is 1. The number of ether oxygens (including phenoxy) is 2. The SMILES string of the molecule is CCN(CC)S(=O)(=O)c1ccc(C(C)NCc2ccc(OC)c(OCc3cccnc3)c2)cc1. The Hall–Kier alpha value is -2.94. The van der Waals surface area contributed by atoms with Gasteiger partial charge in [0.05, 0.1) is 12.0 Å². The number of methoxy groups -OCH3 is 1. The van der Waals surface area contributed by atoms with Crippen LogP contribution in [0.1, 0.15) is 43.5 Å². The van der Waals surface area contributed by atoms with Crippen LogP contribution in [0.5, 0.6) is 11.5 Å². The molecule has 0 radical (unpaired) electrons. The molecule has 8 heteroatoms. The minimum absolute atomic E-state index is 0.0343. The van der Waals surface area contributed by atoms with E-state index >= 15 is 0 Å². The highest BCUT2D eigenvalue weighted by Gasteiger charge is 2.21. The summed E-state index contributed by atoms with van der Waals surface area (Å²) in [5.74, 6) is 1.34. The maximum atomic E-state index is 12.7. The number of nitrogens with zero attached hydrogens (tertiary/aromatic N) is 2. The highest BCUT2D eigenvalue weighted by molar-refractivity contribution is 7.89. The summed E-state index contributed by atoms with van der Waals surface area (Å²) in [6.45, 7) is 7.67. The standard InChI is InChI=1S/C26H33N3O4S/c1-5-29(6-2)34(30,31)24-12-10-23(11-13-24)20(3)28-18-21-9-14-25(32-4)26(16-21)33-19-22-8-7-15-27-17-22/h7-17,20,28H,5-6,18-19H2,1-4H3. The van der Waals surface area contributed by atoms with Crippen molar-refractivity contribution in [2.75, 3.05) is 20.2 Å². The molecule has 7 nitrogen and oxygen atoms in total. The van der Waals surface area contributed by atoms with E-state index in [2.05, 4.69) is 17.2 Å². The van der Waals surface area contributed by atoms with Gasteiger partial charge in [0.15, 0.2) is 11.5 Å². The summed E-state index contributed by atoms with van der Waals surface area (Å²) in [7, 11) is -1.83. The molecule has 3 rings (SSSR count). The average molecular weight is 484 g/mol. The van der Waals surface area contributed by atoms with Crippen LogP contribution in [-0.4, -0.2) is 37.9 Å². The van der Waals surface area contributed by atoms with Gasteiger partial charge in [-0.25, -0.2) is 8.42 Å². The molecule has 0 aliphatic heterocycles. The van der Waals surface area contributed by atoms with Crippen molar-refractivity contribution in [2.45, 2.75) is 44.9 Å². The van der Waals surface area contributed by atoms with E-state index in [0.29, 0.717) is 42.6 Å². The summed E-state index contributed by atoms with van der Waals surface area (Å²) in [5, 5.41) is 3.49. The number of rotatable bonds is 12. The van der Waals surface area contributed by atoms with Gasteiger partial charge in [0, 0.05) is 43.6 Å². The van der Waals surface area contributed by atoms with Crippen LogP contribution in [0.15, 0.2) is 71.9 Å². The Morgan fingerprint density at radius 2 is 1.74 bits per heavy atom. The van der Waals surface area contributed by atoms with Gasteiger partial charge in [0.1, 0.15) is 6.61 Å². The van der Waals surface area contributed by atoms with Crippen LogP contribution < -0.4 is 14.8 Å². The molecule has 34 heavy (non-hydrogen) atoms. The lowest BCUT2D eigenvalue weighted by molar-refractivity contribution is 0.283. The molecule has 2 aromatic carbocycles. The Morgan fingerprint density at radius 1 is 1.00 bits per heavy atom. The Bertz CT molecular complexity index is 1150. The first-order chi connectivity index (χ1) is 16.4. The van der Waals surface area contributed by atoms with Gasteiger partial charge >= 0.3 is 0 Å². The van der Waals surface area contributed by atoms with Gasteiger partial charge in [-0.3, -0.25) is 4.98 Å². The van der Waals surface area contributed by atoms with Crippen LogP contribution in [0.3, 0.4) is 0 Å². The second kappa shape index (κ2) is 12.0. The highest BCUT2D eigenvalue weighted by atomic mass is 32.2. The topological polar surface area (TPSA) is 80.8 Å². The molecule has 1 unspecified atom stereocenters. The molecule has 1 N–H and O–H groups in total. The van der Waals surface area contributed by atoms with Crippen molar-refractivity contribution < 1.29 is 17.9 Å². The van der Waals surface area contributed by atoms with Gasteiger partial charge in [0.25, 0.3) is 0 Å². The van der Waals surface area contributed by atoms with Crippen LogP contribution in [0.25, 0.3) is 0 Å². The van der Waals surface area contributed by atoms with Crippen molar-refractivity contribution in [3.8, 4) is 11.5 Å². The zero-order valence-electron chi connectivity index (χ0n) is 20.2. The van der Waals surface area contributed by atoms with E-state index in [0.717, 1.165) is 16.7 Å². The van der Waals surface area contributed by atoms with Crippen LogP contribution in [0.2, 0.25) is 0 Å². The maximum absolute atomic E-state index is 12.7. The van der Waals surface area contributed by atoms with E-state index in [1.807, 2.05) is 56.3 Å². The number of pyridine rings is 1. The molecular weight excluding hydrogens is 450 g/mol. The van der Waals surface area contributed by atoms with Gasteiger partial charge < -0.3 is 14.8 Å². The highest BCUT2D eigenvalue weighted by Crippen LogP contribution is 2.29. The van der Waals surface area contributed by atoms with Crippen molar-refractivity contribution in [1.82, 2.24) is 14.6 Å². The van der Waals surface area contributed by atoms with Gasteiger partial charge in [-0.2, -0.15) is 4.31 Å². The van der Waals surface area contributed by atoms with Gasteiger partial charge in [-0.15, -0.1) is 0 Å². The summed E-state index contributed by atoms with van der Waals surface area (Å²) in [6, 6.07) is 16.8. The third kappa shape index (κ3) is 6.34. The van der Waals surface area contributed by atoms with Crippen molar-refractivity contribution >= 4 is 10.0 Å². The number of hydrogen-bond donors (Lipinski definition) is 1. The summed E-state index contributed by atoms with van der Waals surface area (Å²) in [5.41, 5.74) is 3.04. The fraction of sp³-hybridized carbons (Fsp3) is 0.346. The minimum atomic E-state index is -3.45. The van der Waals surface area contributed by atoms with E-state index < -0.39 is 10.0 Å². The van der Waals surface area contributed by atoms with Gasteiger partial charge in [-0.05, 0) is 48.4 Å². The zero-order valence-corrected chi connectivity index (χ0v) is 21.0. The predicted octanol–water partition coefficient (Wildman–Crippen LogP) is 4.55. The van der Waals surface area contributed by atoms with E-state index in [9.17, 15) is 8.42 Å². The van der Waals surface area contributed by atoms with Crippen molar-refractivity contribution in [2.24, 2.45) is 0 Å². The quantitative estimate of drug-likeness (QED) is 0.407. The van der Waals surface area contributed by atoms with Crippen molar-refractivity contribution in [3.05, 3.63) is 83.7 Å². The molecule has 3 aromatic rings. The Balaban J connectivity index is 1.64. The molecule has 1 heterocycles. The van der Waals surface area contributed by atoms with Crippen molar-refractivity contribution in [3.63, 3.8) is 0 Å². The lowest BCUT2D eigenvalue weighted by atomic mass is 10.1. The average Bonchev–Trinajstić information content (AvgIpc) is 2.87. The molecule has 1 aromatic heterocycles. The first-order valence-corrected chi connectivity index (χ1v) is 12.8. The molecule has 0 fully saturated rings. The summed E-state index contributed by atoms with van der Waals surface area (Å²) >= 11 is 0. The van der Waals surface area contributed by atoms with Gasteiger partial charge in [-0.1, -0.05) is 38.1 Å². The molecule has 1 atom stereocenters. The third-order valence-electron chi connectivity index (χ3n) is 5.68. The van der Waals surface area contributed by atoms with Crippen LogP contribution in [0, 0.1) is 0 Å². The van der Waals surface area contributed by atoms with Gasteiger partial charge in [0.2, 0.25) is 10.0 Å². The lowest BCUT2D eigenvalue weighted by Crippen LogP contribution is -2.30. The van der Waals surface area contributed by atoms with Crippen LogP contribution in [0.4, 0.5) is 0 Å². The lowest BCUT2D eigenvalue weighted by Gasteiger charge is -2.19. The molecular formula is C26H33N3O4S. The Kier molecular flexibility index (Phi) is 9.04. The predicted molar refractivity (Wildman–Crippen MR) is 133 cm³/mol. The fourth-order valence-electron chi connectivity index (χ4n) is 3.62. The number of hydrogen-bond acceptors (Lipinski definition) is 6. The van der Waals surface area contributed by atoms with E-state index in [1.54, 1.807) is 31.6 Å². The second-order valence-electron chi connectivity index (χ2n) is 7.90. The number of aromatic nitrogens is 1. The Morgan fingerprint density at radius 3 is 2.35 bits per heavy atom. The number of nitrogens with one attached hydrogen (secondary N) is 1. The molecule has 0 bridgehead atoms. The number of benzene rings is 2. The monoisotopic (exact) mass is 483 g/mol. The third-order valence-corrected chi connectivity index (χ3v) is 7.74.